The Kier molecular flexibility index (Phi) is 3.44. The summed E-state index contributed by atoms with van der Waals surface area (Å²) in [5.41, 5.74) is 6.09. The lowest BCUT2D eigenvalue weighted by molar-refractivity contribution is 1.26. The Bertz CT molecular complexity index is 154. The Balaban J connectivity index is 4.00. The summed E-state index contributed by atoms with van der Waals surface area (Å²) < 4.78 is 0. The van der Waals surface area contributed by atoms with Crippen molar-refractivity contribution in [3.8, 4) is 0 Å². The maximum Gasteiger partial charge on any atom is 0.116 e. The van der Waals surface area contributed by atoms with E-state index in [4.69, 9.17) is 5.73 Å². The summed E-state index contributed by atoms with van der Waals surface area (Å²) >= 11 is 0. The lowest BCUT2D eigenvalue weighted by Gasteiger charge is -1.89. The van der Waals surface area contributed by atoms with Gasteiger partial charge in [0.05, 0.1) is 0 Å². The van der Waals surface area contributed by atoms with Crippen molar-refractivity contribution in [2.45, 2.75) is 13.8 Å². The summed E-state index contributed by atoms with van der Waals surface area (Å²) in [7, 11) is 0. The summed E-state index contributed by atoms with van der Waals surface area (Å²) in [6.45, 7) is 7.24. The van der Waals surface area contributed by atoms with Crippen LogP contribution >= 0.6 is 0 Å². The number of aliphatic imine (C=N–C) groups is 1. The Labute approximate surface area is 55.8 Å². The van der Waals surface area contributed by atoms with E-state index in [1.54, 1.807) is 0 Å². The van der Waals surface area contributed by atoms with Gasteiger partial charge in [0.2, 0.25) is 0 Å². The molecule has 0 aromatic carbocycles. The smallest absolute Gasteiger partial charge is 0.116 e. The fourth-order valence-electron chi connectivity index (χ4n) is 0.505. The van der Waals surface area contributed by atoms with Crippen LogP contribution < -0.4 is 5.73 Å². The van der Waals surface area contributed by atoms with Crippen LogP contribution in [0.15, 0.2) is 29.5 Å². The number of hydrogen-bond donors (Lipinski definition) is 1. The van der Waals surface area contributed by atoms with Crippen molar-refractivity contribution in [3.05, 3.63) is 24.6 Å². The Hall–Kier alpha value is -1.05. The molecule has 50 valence electrons. The molecule has 0 fully saturated rings. The van der Waals surface area contributed by atoms with Crippen LogP contribution in [0, 0.1) is 0 Å². The largest absolute Gasteiger partial charge is 0.384 e. The van der Waals surface area contributed by atoms with E-state index in [9.17, 15) is 0 Å². The van der Waals surface area contributed by atoms with Gasteiger partial charge in [0, 0.05) is 5.71 Å². The second-order valence-corrected chi connectivity index (χ2v) is 1.74. The van der Waals surface area contributed by atoms with Crippen molar-refractivity contribution in [1.82, 2.24) is 0 Å². The van der Waals surface area contributed by atoms with Gasteiger partial charge in [-0.2, -0.15) is 0 Å². The highest BCUT2D eigenvalue weighted by molar-refractivity contribution is 5.93. The first-order chi connectivity index (χ1) is 4.16. The first-order valence-corrected chi connectivity index (χ1v) is 2.79. The number of allylic oxidation sites excluding steroid dienone is 2. The van der Waals surface area contributed by atoms with E-state index >= 15 is 0 Å². The van der Waals surface area contributed by atoms with Crippen LogP contribution in [-0.2, 0) is 0 Å². The third kappa shape index (κ3) is 4.81. The van der Waals surface area contributed by atoms with Crippen LogP contribution in [0.5, 0.6) is 0 Å². The average molecular weight is 124 g/mol. The van der Waals surface area contributed by atoms with Gasteiger partial charge < -0.3 is 5.73 Å². The molecule has 0 rings (SSSR count). The lowest BCUT2D eigenvalue weighted by atomic mass is 10.4. The molecule has 2 heteroatoms. The molecule has 0 aliphatic heterocycles. The molecule has 0 aliphatic carbocycles. The van der Waals surface area contributed by atoms with Gasteiger partial charge in [-0.25, -0.2) is 4.99 Å². The fourth-order valence-corrected chi connectivity index (χ4v) is 0.505. The molecule has 0 saturated carbocycles. The standard InChI is InChI=1S/C7H12N2/c1-4-5-6(2)9-7(3)8/h4-5H,3,8H2,1-2H3/b5-4-,9-6+. The zero-order chi connectivity index (χ0) is 7.28. The highest BCUT2D eigenvalue weighted by Gasteiger charge is 1.80. The van der Waals surface area contributed by atoms with Crippen LogP contribution in [0.1, 0.15) is 13.8 Å². The number of hydrogen-bond acceptors (Lipinski definition) is 2. The molecular weight excluding hydrogens is 112 g/mol. The van der Waals surface area contributed by atoms with E-state index in [0.717, 1.165) is 5.71 Å². The van der Waals surface area contributed by atoms with Gasteiger partial charge in [0.25, 0.3) is 0 Å². The van der Waals surface area contributed by atoms with E-state index < -0.39 is 0 Å². The zero-order valence-corrected chi connectivity index (χ0v) is 5.89. The van der Waals surface area contributed by atoms with Crippen molar-refractivity contribution in [3.63, 3.8) is 0 Å². The maximum absolute atomic E-state index is 5.21. The van der Waals surface area contributed by atoms with Gasteiger partial charge in [-0.1, -0.05) is 12.7 Å². The molecule has 9 heavy (non-hydrogen) atoms. The van der Waals surface area contributed by atoms with Crippen LogP contribution in [-0.4, -0.2) is 5.71 Å². The molecule has 0 bridgehead atoms. The molecule has 0 aromatic rings. The van der Waals surface area contributed by atoms with E-state index in [-0.39, 0.29) is 0 Å². The van der Waals surface area contributed by atoms with Crippen molar-refractivity contribution < 1.29 is 0 Å². The molecule has 2 N–H and O–H groups in total. The van der Waals surface area contributed by atoms with Gasteiger partial charge in [-0.15, -0.1) is 0 Å². The molecule has 0 aliphatic rings. The summed E-state index contributed by atoms with van der Waals surface area (Å²) in [6.07, 6.45) is 3.78. The molecule has 0 saturated heterocycles. The topological polar surface area (TPSA) is 38.4 Å². The zero-order valence-electron chi connectivity index (χ0n) is 5.89. The molecular formula is C7H12N2. The molecule has 0 radical (unpaired) electrons. The molecule has 0 aromatic heterocycles. The van der Waals surface area contributed by atoms with Gasteiger partial charge in [-0.3, -0.25) is 0 Å². The maximum atomic E-state index is 5.21. The van der Waals surface area contributed by atoms with Crippen molar-refractivity contribution in [1.29, 1.82) is 0 Å². The van der Waals surface area contributed by atoms with Crippen LogP contribution in [0.2, 0.25) is 0 Å². The van der Waals surface area contributed by atoms with Crippen molar-refractivity contribution >= 4 is 5.71 Å². The molecule has 0 amide bonds. The number of nitrogens with two attached hydrogens (primary N) is 1. The average Bonchev–Trinajstić information content (AvgIpc) is 1.63. The third-order valence-electron chi connectivity index (χ3n) is 0.728. The molecule has 0 atom stereocenters. The predicted molar refractivity (Wildman–Crippen MR) is 41.3 cm³/mol. The van der Waals surface area contributed by atoms with E-state index in [0.29, 0.717) is 5.82 Å². The number of nitrogens with zero attached hydrogens (tertiary/aromatic N) is 1. The summed E-state index contributed by atoms with van der Waals surface area (Å²) in [5.74, 6) is 0.352. The Morgan fingerprint density at radius 3 is 2.56 bits per heavy atom. The summed E-state index contributed by atoms with van der Waals surface area (Å²) in [4.78, 5) is 3.88. The molecule has 2 nitrogen and oxygen atoms in total. The lowest BCUT2D eigenvalue weighted by Crippen LogP contribution is -1.94. The van der Waals surface area contributed by atoms with Gasteiger partial charge >= 0.3 is 0 Å². The normalized spacial score (nSPS) is 12.4. The Morgan fingerprint density at radius 1 is 1.67 bits per heavy atom. The molecule has 0 spiro atoms. The van der Waals surface area contributed by atoms with Gasteiger partial charge in [-0.05, 0) is 19.9 Å². The second-order valence-electron chi connectivity index (χ2n) is 1.74. The van der Waals surface area contributed by atoms with E-state index in [1.165, 1.54) is 0 Å². The van der Waals surface area contributed by atoms with Crippen LogP contribution in [0.4, 0.5) is 0 Å². The number of rotatable bonds is 2. The van der Waals surface area contributed by atoms with Crippen molar-refractivity contribution in [2.75, 3.05) is 0 Å². The van der Waals surface area contributed by atoms with Gasteiger partial charge in [0.15, 0.2) is 0 Å². The first-order valence-electron chi connectivity index (χ1n) is 2.79. The third-order valence-corrected chi connectivity index (χ3v) is 0.728. The highest BCUT2D eigenvalue weighted by atomic mass is 14.9. The van der Waals surface area contributed by atoms with Gasteiger partial charge in [0.1, 0.15) is 5.82 Å². The predicted octanol–water partition coefficient (Wildman–Crippen LogP) is 1.45. The minimum absolute atomic E-state index is 0.352. The first kappa shape index (κ1) is 7.95. The highest BCUT2D eigenvalue weighted by Crippen LogP contribution is 1.85. The fraction of sp³-hybridized carbons (Fsp3) is 0.286. The second kappa shape index (κ2) is 3.89. The summed E-state index contributed by atoms with van der Waals surface area (Å²) in [5, 5.41) is 0. The monoisotopic (exact) mass is 124 g/mol. The molecule has 0 heterocycles. The minimum atomic E-state index is 0.352. The van der Waals surface area contributed by atoms with E-state index in [2.05, 4.69) is 11.6 Å². The quantitative estimate of drug-likeness (QED) is 0.556. The Morgan fingerprint density at radius 2 is 2.22 bits per heavy atom. The van der Waals surface area contributed by atoms with E-state index in [1.807, 2.05) is 26.0 Å². The summed E-state index contributed by atoms with van der Waals surface area (Å²) in [6, 6.07) is 0. The minimum Gasteiger partial charge on any atom is -0.384 e. The molecule has 0 unspecified atom stereocenters. The SMILES string of the molecule is C=C(N)/N=C(C)/C=C\C. The van der Waals surface area contributed by atoms with Crippen LogP contribution in [0.3, 0.4) is 0 Å². The van der Waals surface area contributed by atoms with Crippen LogP contribution in [0.25, 0.3) is 0 Å². The van der Waals surface area contributed by atoms with Crippen molar-refractivity contribution in [2.24, 2.45) is 10.7 Å².